The van der Waals surface area contributed by atoms with Gasteiger partial charge in [0.2, 0.25) is 5.91 Å². The van der Waals surface area contributed by atoms with E-state index >= 15 is 0 Å². The van der Waals surface area contributed by atoms with Crippen LogP contribution in [0.5, 0.6) is 0 Å². The molecule has 0 saturated carbocycles. The Balaban J connectivity index is 1.48. The standard InChI is InChI=1S/C20H17N3O7S/c24-18(21-6-8-29-9-7-21)12-22-19(25)17(31-20(22)26)11-15-4-5-16(30-15)13-2-1-3-14(10-13)23(27)28/h1-5,10-11H,6-9,12H2/b17-11-. The zero-order chi connectivity index (χ0) is 22.0. The molecule has 2 aliphatic heterocycles. The minimum absolute atomic E-state index is 0.0681. The van der Waals surface area contributed by atoms with E-state index in [1.54, 1.807) is 29.2 Å². The number of thioether (sulfide) groups is 1. The number of ether oxygens (including phenoxy) is 1. The molecule has 4 rings (SSSR count). The zero-order valence-electron chi connectivity index (χ0n) is 16.2. The van der Waals surface area contributed by atoms with Gasteiger partial charge in [-0.05, 0) is 23.9 Å². The van der Waals surface area contributed by atoms with Crippen LogP contribution in [0.4, 0.5) is 10.5 Å². The molecule has 0 aliphatic carbocycles. The van der Waals surface area contributed by atoms with Gasteiger partial charge in [-0.1, -0.05) is 12.1 Å². The number of amides is 3. The predicted octanol–water partition coefficient (Wildman–Crippen LogP) is 2.75. The highest BCUT2D eigenvalue weighted by Gasteiger charge is 2.37. The molecule has 0 unspecified atom stereocenters. The van der Waals surface area contributed by atoms with Crippen molar-refractivity contribution in [1.82, 2.24) is 9.80 Å². The topological polar surface area (TPSA) is 123 Å². The summed E-state index contributed by atoms with van der Waals surface area (Å²) in [6, 6.07) is 9.20. The van der Waals surface area contributed by atoms with Crippen LogP contribution in [0.1, 0.15) is 5.76 Å². The molecule has 1 aromatic heterocycles. The van der Waals surface area contributed by atoms with Crippen molar-refractivity contribution in [2.24, 2.45) is 0 Å². The molecule has 160 valence electrons. The number of furan rings is 1. The van der Waals surface area contributed by atoms with Crippen molar-refractivity contribution in [1.29, 1.82) is 0 Å². The third-order valence-electron chi connectivity index (χ3n) is 4.77. The van der Waals surface area contributed by atoms with Crippen molar-refractivity contribution in [2.75, 3.05) is 32.8 Å². The average molecular weight is 443 g/mol. The molecule has 10 nitrogen and oxygen atoms in total. The third kappa shape index (κ3) is 4.52. The number of nitro groups is 1. The van der Waals surface area contributed by atoms with E-state index in [-0.39, 0.29) is 23.0 Å². The van der Waals surface area contributed by atoms with E-state index in [0.717, 1.165) is 16.7 Å². The summed E-state index contributed by atoms with van der Waals surface area (Å²) in [5.74, 6) is -0.175. The number of morpholine rings is 1. The largest absolute Gasteiger partial charge is 0.457 e. The molecule has 3 heterocycles. The number of nitrogens with zero attached hydrogens (tertiary/aromatic N) is 3. The molecular formula is C20H17N3O7S. The van der Waals surface area contributed by atoms with Gasteiger partial charge in [0.05, 0.1) is 23.0 Å². The summed E-state index contributed by atoms with van der Waals surface area (Å²) in [6.45, 7) is 1.40. The first kappa shape index (κ1) is 20.8. The van der Waals surface area contributed by atoms with Crippen LogP contribution in [0.25, 0.3) is 17.4 Å². The molecule has 0 N–H and O–H groups in total. The van der Waals surface area contributed by atoms with E-state index in [0.29, 0.717) is 43.4 Å². The lowest BCUT2D eigenvalue weighted by Crippen LogP contribution is -2.46. The Labute approximate surface area is 180 Å². The lowest BCUT2D eigenvalue weighted by atomic mass is 10.1. The molecule has 1 aromatic carbocycles. The molecule has 3 amide bonds. The monoisotopic (exact) mass is 443 g/mol. The smallest absolute Gasteiger partial charge is 0.294 e. The Morgan fingerprint density at radius 1 is 1.19 bits per heavy atom. The van der Waals surface area contributed by atoms with Crippen LogP contribution in [0, 0.1) is 10.1 Å². The number of benzene rings is 1. The van der Waals surface area contributed by atoms with Crippen molar-refractivity contribution in [2.45, 2.75) is 0 Å². The van der Waals surface area contributed by atoms with Gasteiger partial charge in [0.15, 0.2) is 0 Å². The second-order valence-electron chi connectivity index (χ2n) is 6.77. The van der Waals surface area contributed by atoms with Crippen molar-refractivity contribution in [3.05, 3.63) is 57.2 Å². The van der Waals surface area contributed by atoms with Crippen LogP contribution in [0.15, 0.2) is 45.7 Å². The summed E-state index contributed by atoms with van der Waals surface area (Å²) < 4.78 is 10.9. The summed E-state index contributed by atoms with van der Waals surface area (Å²) in [4.78, 5) is 50.4. The first-order chi connectivity index (χ1) is 14.9. The number of nitro benzene ring substituents is 1. The fourth-order valence-corrected chi connectivity index (χ4v) is 3.99. The molecular weight excluding hydrogens is 426 g/mol. The maximum Gasteiger partial charge on any atom is 0.294 e. The second-order valence-corrected chi connectivity index (χ2v) is 7.76. The molecule has 0 bridgehead atoms. The normalized spacial score (nSPS) is 18.1. The third-order valence-corrected chi connectivity index (χ3v) is 5.68. The number of hydrogen-bond donors (Lipinski definition) is 0. The van der Waals surface area contributed by atoms with E-state index in [9.17, 15) is 24.5 Å². The number of carbonyl (C=O) groups excluding carboxylic acids is 3. The predicted molar refractivity (Wildman–Crippen MR) is 111 cm³/mol. The van der Waals surface area contributed by atoms with Gasteiger partial charge in [-0.25, -0.2) is 0 Å². The zero-order valence-corrected chi connectivity index (χ0v) is 17.0. The summed E-state index contributed by atoms with van der Waals surface area (Å²) in [6.07, 6.45) is 1.42. The van der Waals surface area contributed by atoms with Crippen LogP contribution < -0.4 is 0 Å². The SMILES string of the molecule is O=C(CN1C(=O)S/C(=C\c2ccc(-c3cccc([N+](=O)[O-])c3)o2)C1=O)N1CCOCC1. The fourth-order valence-electron chi connectivity index (χ4n) is 3.17. The fraction of sp³-hybridized carbons (Fsp3) is 0.250. The Morgan fingerprint density at radius 3 is 2.71 bits per heavy atom. The van der Waals surface area contributed by atoms with Gasteiger partial charge < -0.3 is 14.1 Å². The molecule has 2 aromatic rings. The summed E-state index contributed by atoms with van der Waals surface area (Å²) in [5, 5.41) is 10.4. The molecule has 0 spiro atoms. The molecule has 2 saturated heterocycles. The first-order valence-corrected chi connectivity index (χ1v) is 10.2. The van der Waals surface area contributed by atoms with Crippen LogP contribution in [0.3, 0.4) is 0 Å². The number of imide groups is 1. The Morgan fingerprint density at radius 2 is 1.97 bits per heavy atom. The Kier molecular flexibility index (Phi) is 5.87. The summed E-state index contributed by atoms with van der Waals surface area (Å²) in [5.41, 5.74) is 0.444. The lowest BCUT2D eigenvalue weighted by molar-refractivity contribution is -0.384. The van der Waals surface area contributed by atoms with E-state index < -0.39 is 16.1 Å². The van der Waals surface area contributed by atoms with E-state index in [1.165, 1.54) is 18.2 Å². The van der Waals surface area contributed by atoms with Gasteiger partial charge in [-0.2, -0.15) is 0 Å². The highest BCUT2D eigenvalue weighted by molar-refractivity contribution is 8.18. The van der Waals surface area contributed by atoms with E-state index in [2.05, 4.69) is 0 Å². The van der Waals surface area contributed by atoms with Gasteiger partial charge >= 0.3 is 0 Å². The lowest BCUT2D eigenvalue weighted by Gasteiger charge is -2.27. The number of rotatable bonds is 5. The maximum atomic E-state index is 12.6. The first-order valence-electron chi connectivity index (χ1n) is 9.38. The minimum Gasteiger partial charge on any atom is -0.457 e. The quantitative estimate of drug-likeness (QED) is 0.393. The maximum absolute atomic E-state index is 12.6. The second kappa shape index (κ2) is 8.74. The van der Waals surface area contributed by atoms with Gasteiger partial charge in [-0.15, -0.1) is 0 Å². The van der Waals surface area contributed by atoms with Crippen molar-refractivity contribution >= 4 is 40.6 Å². The van der Waals surface area contributed by atoms with Gasteiger partial charge in [0.1, 0.15) is 18.1 Å². The molecule has 0 atom stereocenters. The van der Waals surface area contributed by atoms with E-state index in [4.69, 9.17) is 9.15 Å². The highest BCUT2D eigenvalue weighted by atomic mass is 32.2. The highest BCUT2D eigenvalue weighted by Crippen LogP contribution is 2.33. The molecule has 0 radical (unpaired) electrons. The van der Waals surface area contributed by atoms with Crippen LogP contribution in [0.2, 0.25) is 0 Å². The number of non-ortho nitro benzene ring substituents is 1. The number of hydrogen-bond acceptors (Lipinski definition) is 8. The molecule has 11 heteroatoms. The van der Waals surface area contributed by atoms with Gasteiger partial charge in [0, 0.05) is 36.9 Å². The minimum atomic E-state index is -0.565. The van der Waals surface area contributed by atoms with Crippen LogP contribution in [-0.4, -0.2) is 64.6 Å². The van der Waals surface area contributed by atoms with Crippen molar-refractivity contribution in [3.8, 4) is 11.3 Å². The van der Waals surface area contributed by atoms with Gasteiger partial charge in [-0.3, -0.25) is 29.4 Å². The van der Waals surface area contributed by atoms with Crippen molar-refractivity contribution in [3.63, 3.8) is 0 Å². The molecule has 2 fully saturated rings. The summed E-state index contributed by atoms with van der Waals surface area (Å²) >= 11 is 0.730. The molecule has 31 heavy (non-hydrogen) atoms. The van der Waals surface area contributed by atoms with Crippen molar-refractivity contribution < 1.29 is 28.5 Å². The molecule has 2 aliphatic rings. The van der Waals surface area contributed by atoms with E-state index in [1.807, 2.05) is 0 Å². The Bertz CT molecular complexity index is 1090. The average Bonchev–Trinajstić information content (AvgIpc) is 3.35. The van der Waals surface area contributed by atoms with Crippen LogP contribution in [-0.2, 0) is 14.3 Å². The number of carbonyl (C=O) groups is 3. The summed E-state index contributed by atoms with van der Waals surface area (Å²) in [7, 11) is 0. The van der Waals surface area contributed by atoms with Crippen LogP contribution >= 0.6 is 11.8 Å². The Hall–Kier alpha value is -3.44. The van der Waals surface area contributed by atoms with Gasteiger partial charge in [0.25, 0.3) is 16.8 Å².